The molecule has 0 saturated heterocycles. The van der Waals surface area contributed by atoms with Crippen LogP contribution >= 0.6 is 11.6 Å². The Kier molecular flexibility index (Phi) is 5.57. The van der Waals surface area contributed by atoms with Crippen LogP contribution in [-0.2, 0) is 11.2 Å². The van der Waals surface area contributed by atoms with Crippen LogP contribution in [0.3, 0.4) is 0 Å². The van der Waals surface area contributed by atoms with E-state index in [1.165, 1.54) is 6.20 Å². The molecular formula is C13H19ClN2O3. The lowest BCUT2D eigenvalue weighted by Gasteiger charge is -2.22. The first-order valence-electron chi connectivity index (χ1n) is 6.01. The number of amides is 1. The highest BCUT2D eigenvalue weighted by Gasteiger charge is 2.19. The standard InChI is InChI=1S/C13H19ClN2O3/c1-13(2,3)19-12(18)16-11(8-17)6-10-5-4-9(14)7-15-10/h4-5,7,11,17H,6,8H2,1-3H3,(H,16,18)/t11-/m1/s1. The van der Waals surface area contributed by atoms with E-state index in [4.69, 9.17) is 16.3 Å². The second-order valence-electron chi connectivity index (χ2n) is 5.20. The van der Waals surface area contributed by atoms with Gasteiger partial charge in [-0.3, -0.25) is 4.98 Å². The summed E-state index contributed by atoms with van der Waals surface area (Å²) in [6.45, 7) is 5.15. The molecule has 1 heterocycles. The largest absolute Gasteiger partial charge is 0.444 e. The Morgan fingerprint density at radius 2 is 2.21 bits per heavy atom. The van der Waals surface area contributed by atoms with Gasteiger partial charge in [0, 0.05) is 18.3 Å². The summed E-state index contributed by atoms with van der Waals surface area (Å²) in [5.41, 5.74) is 0.169. The number of alkyl carbamates (subject to hydrolysis) is 1. The highest BCUT2D eigenvalue weighted by atomic mass is 35.5. The third-order valence-electron chi connectivity index (χ3n) is 2.19. The topological polar surface area (TPSA) is 71.5 Å². The number of aliphatic hydroxyl groups is 1. The zero-order valence-electron chi connectivity index (χ0n) is 11.3. The molecule has 0 fully saturated rings. The fraction of sp³-hybridized carbons (Fsp3) is 0.538. The minimum atomic E-state index is -0.567. The predicted octanol–water partition coefficient (Wildman–Crippen LogP) is 2.16. The molecule has 5 nitrogen and oxygen atoms in total. The van der Waals surface area contributed by atoms with Gasteiger partial charge in [0.25, 0.3) is 0 Å². The molecule has 1 aromatic heterocycles. The van der Waals surface area contributed by atoms with Crippen LogP contribution in [0.15, 0.2) is 18.3 Å². The van der Waals surface area contributed by atoms with E-state index in [0.29, 0.717) is 11.4 Å². The molecule has 19 heavy (non-hydrogen) atoms. The van der Waals surface area contributed by atoms with Gasteiger partial charge < -0.3 is 15.2 Å². The van der Waals surface area contributed by atoms with Crippen LogP contribution in [0.4, 0.5) is 4.79 Å². The Morgan fingerprint density at radius 3 is 2.68 bits per heavy atom. The smallest absolute Gasteiger partial charge is 0.407 e. The minimum absolute atomic E-state index is 0.191. The number of hydrogen-bond acceptors (Lipinski definition) is 4. The van der Waals surface area contributed by atoms with Crippen molar-refractivity contribution < 1.29 is 14.6 Å². The van der Waals surface area contributed by atoms with Crippen molar-refractivity contribution in [3.05, 3.63) is 29.0 Å². The van der Waals surface area contributed by atoms with E-state index in [9.17, 15) is 9.90 Å². The molecule has 0 saturated carbocycles. The fourth-order valence-electron chi connectivity index (χ4n) is 1.42. The molecule has 0 unspecified atom stereocenters. The number of hydrogen-bond donors (Lipinski definition) is 2. The first kappa shape index (κ1) is 15.7. The van der Waals surface area contributed by atoms with Crippen molar-refractivity contribution in [3.8, 4) is 0 Å². The fourth-order valence-corrected chi connectivity index (χ4v) is 1.53. The van der Waals surface area contributed by atoms with Crippen molar-refractivity contribution in [2.24, 2.45) is 0 Å². The lowest BCUT2D eigenvalue weighted by atomic mass is 10.1. The summed E-state index contributed by atoms with van der Waals surface area (Å²) in [7, 11) is 0. The third kappa shape index (κ3) is 6.40. The van der Waals surface area contributed by atoms with Crippen molar-refractivity contribution in [2.75, 3.05) is 6.61 Å². The summed E-state index contributed by atoms with van der Waals surface area (Å²) in [6, 6.07) is 3.02. The Morgan fingerprint density at radius 1 is 1.53 bits per heavy atom. The molecule has 0 bridgehead atoms. The van der Waals surface area contributed by atoms with Crippen molar-refractivity contribution >= 4 is 17.7 Å². The highest BCUT2D eigenvalue weighted by molar-refractivity contribution is 6.30. The van der Waals surface area contributed by atoms with Crippen LogP contribution in [0.1, 0.15) is 26.5 Å². The molecule has 1 rings (SSSR count). The van der Waals surface area contributed by atoms with Crippen LogP contribution < -0.4 is 5.32 Å². The summed E-state index contributed by atoms with van der Waals surface area (Å²) in [4.78, 5) is 15.7. The van der Waals surface area contributed by atoms with Crippen LogP contribution in [0.25, 0.3) is 0 Å². The molecule has 0 radical (unpaired) electrons. The number of ether oxygens (including phenoxy) is 1. The van der Waals surface area contributed by atoms with E-state index in [1.54, 1.807) is 32.9 Å². The van der Waals surface area contributed by atoms with Crippen LogP contribution in [-0.4, -0.2) is 34.4 Å². The van der Waals surface area contributed by atoms with Gasteiger partial charge in [-0.1, -0.05) is 11.6 Å². The lowest BCUT2D eigenvalue weighted by molar-refractivity contribution is 0.0482. The van der Waals surface area contributed by atoms with E-state index >= 15 is 0 Å². The minimum Gasteiger partial charge on any atom is -0.444 e. The summed E-state index contributed by atoms with van der Waals surface area (Å²) in [6.07, 6.45) is 1.38. The van der Waals surface area contributed by atoms with Gasteiger partial charge >= 0.3 is 6.09 Å². The average Bonchev–Trinajstić information content (AvgIpc) is 2.28. The Bertz CT molecular complexity index is 415. The number of carbonyl (C=O) groups is 1. The van der Waals surface area contributed by atoms with Crippen LogP contribution in [0.2, 0.25) is 5.02 Å². The molecule has 0 aliphatic rings. The van der Waals surface area contributed by atoms with Crippen molar-refractivity contribution in [1.82, 2.24) is 10.3 Å². The molecular weight excluding hydrogens is 268 g/mol. The number of halogens is 1. The molecule has 1 aromatic rings. The van der Waals surface area contributed by atoms with Crippen molar-refractivity contribution in [3.63, 3.8) is 0 Å². The van der Waals surface area contributed by atoms with Gasteiger partial charge in [-0.05, 0) is 32.9 Å². The van der Waals surface area contributed by atoms with Gasteiger partial charge in [-0.15, -0.1) is 0 Å². The van der Waals surface area contributed by atoms with E-state index < -0.39 is 17.7 Å². The highest BCUT2D eigenvalue weighted by Crippen LogP contribution is 2.09. The van der Waals surface area contributed by atoms with Crippen LogP contribution in [0, 0.1) is 0 Å². The molecule has 0 aliphatic carbocycles. The van der Waals surface area contributed by atoms with Crippen LogP contribution in [0.5, 0.6) is 0 Å². The van der Waals surface area contributed by atoms with E-state index in [-0.39, 0.29) is 6.61 Å². The van der Waals surface area contributed by atoms with Gasteiger partial charge in [0.05, 0.1) is 17.7 Å². The monoisotopic (exact) mass is 286 g/mol. The summed E-state index contributed by atoms with van der Waals surface area (Å²) >= 11 is 5.74. The number of nitrogens with zero attached hydrogens (tertiary/aromatic N) is 1. The van der Waals surface area contributed by atoms with Gasteiger partial charge in [0.1, 0.15) is 5.60 Å². The molecule has 0 aromatic carbocycles. The second kappa shape index (κ2) is 6.73. The number of aromatic nitrogens is 1. The van der Waals surface area contributed by atoms with E-state index in [0.717, 1.165) is 5.69 Å². The number of pyridine rings is 1. The van der Waals surface area contributed by atoms with Gasteiger partial charge in [0.15, 0.2) is 0 Å². The molecule has 0 aliphatic heterocycles. The lowest BCUT2D eigenvalue weighted by Crippen LogP contribution is -2.42. The molecule has 1 atom stereocenters. The summed E-state index contributed by atoms with van der Waals surface area (Å²) in [5.74, 6) is 0. The first-order chi connectivity index (χ1) is 8.80. The normalized spacial score (nSPS) is 12.9. The van der Waals surface area contributed by atoms with Gasteiger partial charge in [-0.25, -0.2) is 4.79 Å². The molecule has 1 amide bonds. The Balaban J connectivity index is 2.54. The zero-order chi connectivity index (χ0) is 14.5. The second-order valence-corrected chi connectivity index (χ2v) is 5.63. The van der Waals surface area contributed by atoms with Gasteiger partial charge in [-0.2, -0.15) is 0 Å². The molecule has 6 heteroatoms. The first-order valence-corrected chi connectivity index (χ1v) is 6.39. The van der Waals surface area contributed by atoms with Gasteiger partial charge in [0.2, 0.25) is 0 Å². The number of nitrogens with one attached hydrogen (secondary N) is 1. The summed E-state index contributed by atoms with van der Waals surface area (Å²) < 4.78 is 5.12. The van der Waals surface area contributed by atoms with Crippen molar-refractivity contribution in [1.29, 1.82) is 0 Å². The Hall–Kier alpha value is -1.33. The SMILES string of the molecule is CC(C)(C)OC(=O)N[C@@H](CO)Cc1ccc(Cl)cn1. The molecule has 106 valence electrons. The maximum Gasteiger partial charge on any atom is 0.407 e. The maximum atomic E-state index is 11.6. The molecule has 0 spiro atoms. The quantitative estimate of drug-likeness (QED) is 0.890. The van der Waals surface area contributed by atoms with Crippen molar-refractivity contribution in [2.45, 2.75) is 38.8 Å². The number of aliphatic hydroxyl groups excluding tert-OH is 1. The average molecular weight is 287 g/mol. The zero-order valence-corrected chi connectivity index (χ0v) is 12.1. The molecule has 2 N–H and O–H groups in total. The third-order valence-corrected chi connectivity index (χ3v) is 2.41. The van der Waals surface area contributed by atoms with E-state index in [1.807, 2.05) is 0 Å². The Labute approximate surface area is 117 Å². The predicted molar refractivity (Wildman–Crippen MR) is 73.2 cm³/mol. The van der Waals surface area contributed by atoms with E-state index in [2.05, 4.69) is 10.3 Å². The maximum absolute atomic E-state index is 11.6. The summed E-state index contributed by atoms with van der Waals surface area (Å²) in [5, 5.41) is 12.4. The number of rotatable bonds is 4. The number of carbonyl (C=O) groups excluding carboxylic acids is 1.